The topological polar surface area (TPSA) is 87.7 Å². The molecule has 0 bridgehead atoms. The molecule has 0 atom stereocenters. The van der Waals surface area contributed by atoms with Crippen LogP contribution in [0.5, 0.6) is 0 Å². The van der Waals surface area contributed by atoms with Crippen LogP contribution in [-0.4, -0.2) is 55.5 Å². The number of nitrogens with zero attached hydrogens (tertiary/aromatic N) is 1. The van der Waals surface area contributed by atoms with E-state index in [1.165, 1.54) is 19.2 Å². The van der Waals surface area contributed by atoms with Crippen molar-refractivity contribution >= 4 is 46.7 Å². The summed E-state index contributed by atoms with van der Waals surface area (Å²) in [4.78, 5) is 38.5. The number of hydrogen-bond donors (Lipinski definition) is 2. The minimum absolute atomic E-state index is 0.0293. The average molecular weight is 430 g/mol. The van der Waals surface area contributed by atoms with Crippen molar-refractivity contribution in [2.45, 2.75) is 32.7 Å². The van der Waals surface area contributed by atoms with Crippen LogP contribution in [0.15, 0.2) is 12.1 Å². The number of nitrogens with one attached hydrogen (secondary N) is 2. The molecule has 28 heavy (non-hydrogen) atoms. The van der Waals surface area contributed by atoms with Gasteiger partial charge in [-0.3, -0.25) is 14.5 Å². The van der Waals surface area contributed by atoms with Crippen molar-refractivity contribution in [3.8, 4) is 0 Å². The maximum Gasteiger partial charge on any atom is 0.340 e. The van der Waals surface area contributed by atoms with Crippen LogP contribution >= 0.6 is 23.2 Å². The van der Waals surface area contributed by atoms with Gasteiger partial charge in [-0.2, -0.15) is 0 Å². The monoisotopic (exact) mass is 429 g/mol. The van der Waals surface area contributed by atoms with Crippen molar-refractivity contribution in [2.24, 2.45) is 5.92 Å². The SMILES string of the molecule is COC(=O)c1cc(Cl)cc(Cl)c1NC(=O)CN1CCC(C(=O)NC(C)C)CC1. The first-order chi connectivity index (χ1) is 13.2. The molecule has 0 saturated carbocycles. The van der Waals surface area contributed by atoms with Gasteiger partial charge in [-0.1, -0.05) is 23.2 Å². The first-order valence-corrected chi connectivity index (χ1v) is 9.86. The van der Waals surface area contributed by atoms with E-state index in [1.54, 1.807) is 0 Å². The number of methoxy groups -OCH3 is 1. The molecule has 2 rings (SSSR count). The second-order valence-electron chi connectivity index (χ2n) is 7.06. The number of esters is 1. The number of benzene rings is 1. The molecule has 9 heteroatoms. The number of rotatable bonds is 6. The predicted molar refractivity (Wildman–Crippen MR) is 109 cm³/mol. The Bertz CT molecular complexity index is 747. The molecule has 1 heterocycles. The molecule has 1 aliphatic rings. The summed E-state index contributed by atoms with van der Waals surface area (Å²) in [5.74, 6) is -0.913. The van der Waals surface area contributed by atoms with Gasteiger partial charge in [0.2, 0.25) is 11.8 Å². The van der Waals surface area contributed by atoms with Crippen LogP contribution in [0.25, 0.3) is 0 Å². The maximum atomic E-state index is 12.5. The van der Waals surface area contributed by atoms with E-state index in [1.807, 2.05) is 18.7 Å². The lowest BCUT2D eigenvalue weighted by atomic mass is 9.95. The molecule has 1 fully saturated rings. The van der Waals surface area contributed by atoms with Gasteiger partial charge >= 0.3 is 5.97 Å². The lowest BCUT2D eigenvalue weighted by molar-refractivity contribution is -0.127. The summed E-state index contributed by atoms with van der Waals surface area (Å²) in [5, 5.41) is 6.03. The van der Waals surface area contributed by atoms with Crippen molar-refractivity contribution in [3.63, 3.8) is 0 Å². The third kappa shape index (κ3) is 6.09. The van der Waals surface area contributed by atoms with E-state index < -0.39 is 5.97 Å². The Morgan fingerprint density at radius 3 is 2.43 bits per heavy atom. The Balaban J connectivity index is 1.95. The summed E-state index contributed by atoms with van der Waals surface area (Å²) >= 11 is 12.1. The number of carbonyl (C=O) groups is 3. The van der Waals surface area contributed by atoms with E-state index in [-0.39, 0.29) is 51.6 Å². The zero-order valence-corrected chi connectivity index (χ0v) is 17.7. The Morgan fingerprint density at radius 1 is 1.21 bits per heavy atom. The maximum absolute atomic E-state index is 12.5. The highest BCUT2D eigenvalue weighted by molar-refractivity contribution is 6.37. The molecule has 0 aromatic heterocycles. The van der Waals surface area contributed by atoms with Crippen LogP contribution in [0.4, 0.5) is 5.69 Å². The zero-order chi connectivity index (χ0) is 20.8. The second kappa shape index (κ2) is 10.1. The largest absolute Gasteiger partial charge is 0.465 e. The fourth-order valence-corrected chi connectivity index (χ4v) is 3.65. The molecule has 1 aromatic rings. The normalized spacial score (nSPS) is 15.4. The van der Waals surface area contributed by atoms with Gasteiger partial charge in [0.25, 0.3) is 0 Å². The van der Waals surface area contributed by atoms with Gasteiger partial charge in [-0.15, -0.1) is 0 Å². The van der Waals surface area contributed by atoms with Crippen LogP contribution < -0.4 is 10.6 Å². The Hall–Kier alpha value is -1.83. The summed E-state index contributed by atoms with van der Waals surface area (Å²) in [6.07, 6.45) is 1.39. The van der Waals surface area contributed by atoms with Gasteiger partial charge in [-0.05, 0) is 51.9 Å². The number of carbonyl (C=O) groups excluding carboxylic acids is 3. The van der Waals surface area contributed by atoms with E-state index in [0.29, 0.717) is 25.9 Å². The number of ether oxygens (including phenoxy) is 1. The minimum atomic E-state index is -0.642. The molecule has 7 nitrogen and oxygen atoms in total. The van der Waals surface area contributed by atoms with Crippen LogP contribution in [0.1, 0.15) is 37.0 Å². The Labute approximate surface area is 174 Å². The van der Waals surface area contributed by atoms with E-state index >= 15 is 0 Å². The second-order valence-corrected chi connectivity index (χ2v) is 7.91. The molecule has 0 unspecified atom stereocenters. The van der Waals surface area contributed by atoms with Crippen molar-refractivity contribution in [1.82, 2.24) is 10.2 Å². The molecular formula is C19H25Cl2N3O4. The quantitative estimate of drug-likeness (QED) is 0.678. The standard InChI is InChI=1S/C19H25Cl2N3O4/c1-11(2)22-18(26)12-4-6-24(7-5-12)10-16(25)23-17-14(19(27)28-3)8-13(20)9-15(17)21/h8-9,11-12H,4-7,10H2,1-3H3,(H,22,26)(H,23,25). The van der Waals surface area contributed by atoms with E-state index in [2.05, 4.69) is 10.6 Å². The van der Waals surface area contributed by atoms with Gasteiger partial charge in [0.1, 0.15) is 0 Å². The van der Waals surface area contributed by atoms with Crippen molar-refractivity contribution in [1.29, 1.82) is 0 Å². The fourth-order valence-electron chi connectivity index (χ4n) is 3.11. The summed E-state index contributed by atoms with van der Waals surface area (Å²) in [6, 6.07) is 2.96. The fraction of sp³-hybridized carbons (Fsp3) is 0.526. The van der Waals surface area contributed by atoms with Crippen molar-refractivity contribution in [3.05, 3.63) is 27.7 Å². The van der Waals surface area contributed by atoms with Gasteiger partial charge in [-0.25, -0.2) is 4.79 Å². The molecular weight excluding hydrogens is 405 g/mol. The minimum Gasteiger partial charge on any atom is -0.465 e. The number of amides is 2. The summed E-state index contributed by atoms with van der Waals surface area (Å²) in [6.45, 7) is 5.28. The highest BCUT2D eigenvalue weighted by Crippen LogP contribution is 2.31. The average Bonchev–Trinajstić information content (AvgIpc) is 2.63. The third-order valence-corrected chi connectivity index (χ3v) is 5.00. The highest BCUT2D eigenvalue weighted by atomic mass is 35.5. The highest BCUT2D eigenvalue weighted by Gasteiger charge is 2.26. The molecule has 154 valence electrons. The first-order valence-electron chi connectivity index (χ1n) is 9.11. The third-order valence-electron chi connectivity index (χ3n) is 4.48. The number of halogens is 2. The smallest absolute Gasteiger partial charge is 0.340 e. The molecule has 0 spiro atoms. The molecule has 0 aliphatic carbocycles. The lowest BCUT2D eigenvalue weighted by Gasteiger charge is -2.31. The Morgan fingerprint density at radius 2 is 1.86 bits per heavy atom. The zero-order valence-electron chi connectivity index (χ0n) is 16.2. The molecule has 2 amide bonds. The van der Waals surface area contributed by atoms with Gasteiger partial charge in [0.15, 0.2) is 0 Å². The Kier molecular flexibility index (Phi) is 8.10. The predicted octanol–water partition coefficient (Wildman–Crippen LogP) is 2.96. The summed E-state index contributed by atoms with van der Waals surface area (Å²) < 4.78 is 4.72. The number of anilines is 1. The van der Waals surface area contributed by atoms with Crippen LogP contribution in [-0.2, 0) is 14.3 Å². The summed E-state index contributed by atoms with van der Waals surface area (Å²) in [5.41, 5.74) is 0.270. The number of hydrogen-bond acceptors (Lipinski definition) is 5. The first kappa shape index (κ1) is 22.5. The van der Waals surface area contributed by atoms with Crippen LogP contribution in [0.2, 0.25) is 10.0 Å². The lowest BCUT2D eigenvalue weighted by Crippen LogP contribution is -2.44. The molecule has 0 radical (unpaired) electrons. The van der Waals surface area contributed by atoms with Gasteiger partial charge < -0.3 is 15.4 Å². The summed E-state index contributed by atoms with van der Waals surface area (Å²) in [7, 11) is 1.24. The van der Waals surface area contributed by atoms with E-state index in [4.69, 9.17) is 27.9 Å². The van der Waals surface area contributed by atoms with Crippen LogP contribution in [0.3, 0.4) is 0 Å². The number of likely N-dealkylation sites (tertiary alicyclic amines) is 1. The van der Waals surface area contributed by atoms with Gasteiger partial charge in [0, 0.05) is 17.0 Å². The van der Waals surface area contributed by atoms with E-state index in [9.17, 15) is 14.4 Å². The molecule has 2 N–H and O–H groups in total. The van der Waals surface area contributed by atoms with Crippen molar-refractivity contribution < 1.29 is 19.1 Å². The molecule has 1 aliphatic heterocycles. The number of piperidine rings is 1. The van der Waals surface area contributed by atoms with Gasteiger partial charge in [0.05, 0.1) is 29.9 Å². The van der Waals surface area contributed by atoms with Crippen LogP contribution in [0, 0.1) is 5.92 Å². The van der Waals surface area contributed by atoms with E-state index in [0.717, 1.165) is 0 Å². The molecule has 1 aromatic carbocycles. The molecule has 1 saturated heterocycles. The van der Waals surface area contributed by atoms with Crippen molar-refractivity contribution in [2.75, 3.05) is 32.1 Å².